The first-order chi connectivity index (χ1) is 7.01. The van der Waals surface area contributed by atoms with Gasteiger partial charge < -0.3 is 5.11 Å². The third-order valence-electron chi connectivity index (χ3n) is 2.85. The molecule has 0 aliphatic heterocycles. The molecule has 78 valence electrons. The molecule has 0 bridgehead atoms. The Morgan fingerprint density at radius 3 is 2.67 bits per heavy atom. The fraction of sp³-hybridized carbons (Fsp3) is 0.333. The van der Waals surface area contributed by atoms with Crippen molar-refractivity contribution >= 4 is 0 Å². The van der Waals surface area contributed by atoms with Crippen LogP contribution in [-0.2, 0) is 12.0 Å². The summed E-state index contributed by atoms with van der Waals surface area (Å²) in [5.74, 6) is -1.42. The van der Waals surface area contributed by atoms with Crippen LogP contribution < -0.4 is 0 Å². The van der Waals surface area contributed by atoms with E-state index in [4.69, 9.17) is 6.42 Å². The van der Waals surface area contributed by atoms with Gasteiger partial charge in [-0.05, 0) is 12.0 Å². The Labute approximate surface area is 86.7 Å². The van der Waals surface area contributed by atoms with E-state index >= 15 is 0 Å². The van der Waals surface area contributed by atoms with Crippen LogP contribution in [0.1, 0.15) is 17.5 Å². The predicted octanol–water partition coefficient (Wildman–Crippen LogP) is 2.09. The molecule has 0 fully saturated rings. The highest BCUT2D eigenvalue weighted by Gasteiger charge is 2.55. The van der Waals surface area contributed by atoms with Gasteiger partial charge in [-0.25, -0.2) is 8.78 Å². The van der Waals surface area contributed by atoms with E-state index in [-0.39, 0.29) is 12.0 Å². The number of aryl methyl sites for hydroxylation is 1. The summed E-state index contributed by atoms with van der Waals surface area (Å²) in [4.78, 5) is 0. The Balaban J connectivity index is 2.65. The van der Waals surface area contributed by atoms with E-state index in [1.165, 1.54) is 6.07 Å². The number of rotatable bonds is 0. The first-order valence-corrected chi connectivity index (χ1v) is 4.67. The standard InChI is InChI=1S/C12H10F2O/c1-2-11(15)10-6-4-3-5-9(10)7-8-12(11,13)14/h1,3-6,15H,7-8H2/t11-/m0/s1. The van der Waals surface area contributed by atoms with E-state index in [1.54, 1.807) is 18.2 Å². The summed E-state index contributed by atoms with van der Waals surface area (Å²) in [6, 6.07) is 6.52. The van der Waals surface area contributed by atoms with Gasteiger partial charge >= 0.3 is 0 Å². The summed E-state index contributed by atoms with van der Waals surface area (Å²) in [5.41, 5.74) is -1.60. The van der Waals surface area contributed by atoms with Crippen molar-refractivity contribution in [1.82, 2.24) is 0 Å². The van der Waals surface area contributed by atoms with Crippen LogP contribution in [0.15, 0.2) is 24.3 Å². The number of terminal acetylenes is 1. The highest BCUT2D eigenvalue weighted by Crippen LogP contribution is 2.45. The molecule has 1 atom stereocenters. The van der Waals surface area contributed by atoms with Crippen LogP contribution in [0.5, 0.6) is 0 Å². The van der Waals surface area contributed by atoms with E-state index < -0.39 is 17.9 Å². The molecule has 1 aromatic rings. The average molecular weight is 208 g/mol. The zero-order valence-electron chi connectivity index (χ0n) is 8.00. The van der Waals surface area contributed by atoms with Gasteiger partial charge in [0, 0.05) is 12.0 Å². The molecule has 0 saturated carbocycles. The number of halogens is 2. The zero-order valence-corrected chi connectivity index (χ0v) is 8.00. The minimum atomic E-state index is -3.25. The second kappa shape index (κ2) is 3.04. The fourth-order valence-electron chi connectivity index (χ4n) is 1.94. The van der Waals surface area contributed by atoms with E-state index in [9.17, 15) is 13.9 Å². The van der Waals surface area contributed by atoms with Crippen LogP contribution in [0, 0.1) is 12.3 Å². The van der Waals surface area contributed by atoms with Crippen LogP contribution in [0.2, 0.25) is 0 Å². The molecule has 0 heterocycles. The molecule has 15 heavy (non-hydrogen) atoms. The van der Waals surface area contributed by atoms with E-state index in [0.29, 0.717) is 5.56 Å². The first-order valence-electron chi connectivity index (χ1n) is 4.67. The predicted molar refractivity (Wildman–Crippen MR) is 52.4 cm³/mol. The van der Waals surface area contributed by atoms with E-state index in [0.717, 1.165) is 0 Å². The normalized spacial score (nSPS) is 27.9. The van der Waals surface area contributed by atoms with E-state index in [1.807, 2.05) is 5.92 Å². The third kappa shape index (κ3) is 1.25. The highest BCUT2D eigenvalue weighted by molar-refractivity contribution is 5.42. The minimum Gasteiger partial charge on any atom is -0.368 e. The summed E-state index contributed by atoms with van der Waals surface area (Å²) in [7, 11) is 0. The van der Waals surface area contributed by atoms with Crippen LogP contribution in [0.3, 0.4) is 0 Å². The minimum absolute atomic E-state index is 0.156. The Morgan fingerprint density at radius 1 is 1.33 bits per heavy atom. The molecule has 0 radical (unpaired) electrons. The smallest absolute Gasteiger partial charge is 0.292 e. The fourth-order valence-corrected chi connectivity index (χ4v) is 1.94. The lowest BCUT2D eigenvalue weighted by Crippen LogP contribution is -2.47. The Hall–Kier alpha value is -1.40. The van der Waals surface area contributed by atoms with Crippen LogP contribution >= 0.6 is 0 Å². The zero-order chi connectivity index (χ0) is 11.1. The molecule has 1 nitrogen and oxygen atoms in total. The van der Waals surface area contributed by atoms with Gasteiger partial charge in [0.05, 0.1) is 0 Å². The maximum atomic E-state index is 13.5. The lowest BCUT2D eigenvalue weighted by Gasteiger charge is -2.37. The lowest BCUT2D eigenvalue weighted by atomic mass is 9.77. The van der Waals surface area contributed by atoms with Crippen molar-refractivity contribution in [3.8, 4) is 12.3 Å². The SMILES string of the molecule is C#C[C@]1(O)c2ccccc2CCC1(F)F. The molecule has 1 N–H and O–H groups in total. The summed E-state index contributed by atoms with van der Waals surface area (Å²) < 4.78 is 27.1. The van der Waals surface area contributed by atoms with E-state index in [2.05, 4.69) is 0 Å². The van der Waals surface area contributed by atoms with Crippen molar-refractivity contribution in [3.63, 3.8) is 0 Å². The van der Waals surface area contributed by atoms with Gasteiger partial charge in [0.1, 0.15) is 0 Å². The maximum Gasteiger partial charge on any atom is 0.292 e. The maximum absolute atomic E-state index is 13.5. The molecule has 0 aromatic heterocycles. The average Bonchev–Trinajstić information content (AvgIpc) is 2.24. The summed E-state index contributed by atoms with van der Waals surface area (Å²) in [5, 5.41) is 9.87. The van der Waals surface area contributed by atoms with Gasteiger partial charge in [-0.2, -0.15) is 0 Å². The molecule has 0 unspecified atom stereocenters. The number of aliphatic hydroxyl groups is 1. The second-order valence-electron chi connectivity index (χ2n) is 3.72. The molecular weight excluding hydrogens is 198 g/mol. The largest absolute Gasteiger partial charge is 0.368 e. The monoisotopic (exact) mass is 208 g/mol. The molecule has 1 aromatic carbocycles. The van der Waals surface area contributed by atoms with Crippen LogP contribution in [0.25, 0.3) is 0 Å². The van der Waals surface area contributed by atoms with Gasteiger partial charge in [0.2, 0.25) is 5.60 Å². The van der Waals surface area contributed by atoms with Crippen molar-refractivity contribution in [2.45, 2.75) is 24.4 Å². The Kier molecular flexibility index (Phi) is 2.06. The van der Waals surface area contributed by atoms with Gasteiger partial charge in [0.25, 0.3) is 5.92 Å². The van der Waals surface area contributed by atoms with Gasteiger partial charge in [-0.1, -0.05) is 30.2 Å². The van der Waals surface area contributed by atoms with Crippen molar-refractivity contribution in [3.05, 3.63) is 35.4 Å². The van der Waals surface area contributed by atoms with Crippen molar-refractivity contribution < 1.29 is 13.9 Å². The number of fused-ring (bicyclic) bond motifs is 1. The number of hydrogen-bond donors (Lipinski definition) is 1. The Morgan fingerprint density at radius 2 is 2.00 bits per heavy atom. The molecule has 1 aliphatic rings. The Bertz CT molecular complexity index is 433. The van der Waals surface area contributed by atoms with Crippen LogP contribution in [0.4, 0.5) is 8.78 Å². The summed E-state index contributed by atoms with van der Waals surface area (Å²) in [6.45, 7) is 0. The molecule has 1 aliphatic carbocycles. The summed E-state index contributed by atoms with van der Waals surface area (Å²) >= 11 is 0. The van der Waals surface area contributed by atoms with Crippen LogP contribution in [-0.4, -0.2) is 11.0 Å². The number of hydrogen-bond acceptors (Lipinski definition) is 1. The lowest BCUT2D eigenvalue weighted by molar-refractivity contribution is -0.164. The van der Waals surface area contributed by atoms with Gasteiger partial charge in [-0.15, -0.1) is 6.42 Å². The first kappa shape index (κ1) is 10.1. The molecule has 3 heteroatoms. The molecule has 2 rings (SSSR count). The van der Waals surface area contributed by atoms with Crippen molar-refractivity contribution in [2.24, 2.45) is 0 Å². The molecule has 0 spiro atoms. The second-order valence-corrected chi connectivity index (χ2v) is 3.72. The van der Waals surface area contributed by atoms with Crippen molar-refractivity contribution in [2.75, 3.05) is 0 Å². The topological polar surface area (TPSA) is 20.2 Å². The van der Waals surface area contributed by atoms with Gasteiger partial charge in [0.15, 0.2) is 0 Å². The molecular formula is C12H10F2O. The number of benzene rings is 1. The third-order valence-corrected chi connectivity index (χ3v) is 2.85. The summed E-state index contributed by atoms with van der Waals surface area (Å²) in [6.07, 6.45) is 4.88. The molecule has 0 amide bonds. The molecule has 0 saturated heterocycles. The van der Waals surface area contributed by atoms with Crippen molar-refractivity contribution in [1.29, 1.82) is 0 Å². The quantitative estimate of drug-likeness (QED) is 0.647. The highest BCUT2D eigenvalue weighted by atomic mass is 19.3. The number of alkyl halides is 2. The van der Waals surface area contributed by atoms with Gasteiger partial charge in [-0.3, -0.25) is 0 Å².